The predicted octanol–water partition coefficient (Wildman–Crippen LogP) is 3.83. The van der Waals surface area contributed by atoms with Crippen LogP contribution in [0.25, 0.3) is 0 Å². The summed E-state index contributed by atoms with van der Waals surface area (Å²) in [6.07, 6.45) is 0. The van der Waals surface area contributed by atoms with Crippen LogP contribution in [0.4, 0.5) is 5.69 Å². The molecule has 5 nitrogen and oxygen atoms in total. The molecule has 0 radical (unpaired) electrons. The van der Waals surface area contributed by atoms with Gasteiger partial charge >= 0.3 is 5.97 Å². The van der Waals surface area contributed by atoms with Crippen molar-refractivity contribution in [1.82, 2.24) is 0 Å². The molecule has 0 atom stereocenters. The zero-order valence-corrected chi connectivity index (χ0v) is 14.7. The summed E-state index contributed by atoms with van der Waals surface area (Å²) in [6.45, 7) is 6.24. The first-order valence-electron chi connectivity index (χ1n) is 8.20. The minimum absolute atomic E-state index is 0.0821. The van der Waals surface area contributed by atoms with Gasteiger partial charge in [-0.15, -0.1) is 0 Å². The van der Waals surface area contributed by atoms with Crippen molar-refractivity contribution in [2.75, 3.05) is 18.5 Å². The maximum atomic E-state index is 11.9. The van der Waals surface area contributed by atoms with Crippen LogP contribution in [-0.2, 0) is 9.53 Å². The molecule has 0 fully saturated rings. The van der Waals surface area contributed by atoms with E-state index in [0.29, 0.717) is 23.6 Å². The molecule has 132 valence electrons. The van der Waals surface area contributed by atoms with Crippen LogP contribution >= 0.6 is 0 Å². The van der Waals surface area contributed by atoms with Gasteiger partial charge in [0, 0.05) is 5.69 Å². The summed E-state index contributed by atoms with van der Waals surface area (Å²) < 4.78 is 10.6. The molecule has 1 N–H and O–H groups in total. The first-order chi connectivity index (χ1) is 11.9. The maximum absolute atomic E-state index is 11.9. The average molecular weight is 341 g/mol. The Kier molecular flexibility index (Phi) is 6.57. The third-order valence-corrected chi connectivity index (χ3v) is 3.34. The molecule has 0 aromatic heterocycles. The molecule has 0 aliphatic carbocycles. The standard InChI is InChI=1S/C20H23NO4/c1-14(2)12-25-20(23)16-6-8-17(9-7-16)21-19(22)13-24-18-10-4-15(3)5-11-18/h4-11,14H,12-13H2,1-3H3,(H,21,22). The van der Waals surface area contributed by atoms with E-state index in [-0.39, 0.29) is 24.4 Å². The number of anilines is 1. The lowest BCUT2D eigenvalue weighted by atomic mass is 10.2. The minimum Gasteiger partial charge on any atom is -0.484 e. The molecule has 0 saturated heterocycles. The Labute approximate surface area is 148 Å². The molecule has 2 aromatic rings. The highest BCUT2D eigenvalue weighted by Crippen LogP contribution is 2.13. The van der Waals surface area contributed by atoms with Crippen molar-refractivity contribution in [3.05, 3.63) is 59.7 Å². The van der Waals surface area contributed by atoms with E-state index in [1.165, 1.54) is 0 Å². The molecule has 0 aliphatic rings. The predicted molar refractivity (Wildman–Crippen MR) is 96.9 cm³/mol. The molecule has 0 saturated carbocycles. The molecule has 0 bridgehead atoms. The van der Waals surface area contributed by atoms with E-state index in [1.807, 2.05) is 45.0 Å². The number of hydrogen-bond donors (Lipinski definition) is 1. The topological polar surface area (TPSA) is 64.6 Å². The third-order valence-electron chi connectivity index (χ3n) is 3.34. The number of amides is 1. The quantitative estimate of drug-likeness (QED) is 0.778. The second kappa shape index (κ2) is 8.87. The smallest absolute Gasteiger partial charge is 0.338 e. The maximum Gasteiger partial charge on any atom is 0.338 e. The van der Waals surface area contributed by atoms with Gasteiger partial charge in [-0.1, -0.05) is 31.5 Å². The Balaban J connectivity index is 1.82. The summed E-state index contributed by atoms with van der Waals surface area (Å²) in [6, 6.07) is 14.1. The normalized spacial score (nSPS) is 10.4. The highest BCUT2D eigenvalue weighted by Gasteiger charge is 2.09. The summed E-state index contributed by atoms with van der Waals surface area (Å²) in [5.41, 5.74) is 2.18. The van der Waals surface area contributed by atoms with Gasteiger partial charge in [0.15, 0.2) is 6.61 Å². The van der Waals surface area contributed by atoms with Crippen molar-refractivity contribution in [3.63, 3.8) is 0 Å². The van der Waals surface area contributed by atoms with Gasteiger partial charge < -0.3 is 14.8 Å². The van der Waals surface area contributed by atoms with E-state index in [9.17, 15) is 9.59 Å². The van der Waals surface area contributed by atoms with Crippen LogP contribution in [-0.4, -0.2) is 25.1 Å². The molecule has 0 aliphatic heterocycles. The van der Waals surface area contributed by atoms with Crippen LogP contribution in [0, 0.1) is 12.8 Å². The second-order valence-electron chi connectivity index (χ2n) is 6.22. The van der Waals surface area contributed by atoms with E-state index in [1.54, 1.807) is 24.3 Å². The molecule has 0 heterocycles. The number of nitrogens with one attached hydrogen (secondary N) is 1. The van der Waals surface area contributed by atoms with Crippen LogP contribution in [0.1, 0.15) is 29.8 Å². The van der Waals surface area contributed by atoms with Crippen molar-refractivity contribution >= 4 is 17.6 Å². The van der Waals surface area contributed by atoms with Gasteiger partial charge in [-0.3, -0.25) is 4.79 Å². The molecule has 5 heteroatoms. The number of carbonyl (C=O) groups excluding carboxylic acids is 2. The number of ether oxygens (including phenoxy) is 2. The summed E-state index contributed by atoms with van der Waals surface area (Å²) in [4.78, 5) is 23.8. The van der Waals surface area contributed by atoms with E-state index >= 15 is 0 Å². The lowest BCUT2D eigenvalue weighted by Gasteiger charge is -2.09. The fourth-order valence-corrected chi connectivity index (χ4v) is 2.00. The van der Waals surface area contributed by atoms with Crippen LogP contribution in [0.2, 0.25) is 0 Å². The van der Waals surface area contributed by atoms with Crippen LogP contribution < -0.4 is 10.1 Å². The van der Waals surface area contributed by atoms with Crippen molar-refractivity contribution in [3.8, 4) is 5.75 Å². The summed E-state index contributed by atoms with van der Waals surface area (Å²) in [7, 11) is 0. The van der Waals surface area contributed by atoms with Crippen LogP contribution in [0.3, 0.4) is 0 Å². The first kappa shape index (κ1) is 18.5. The largest absolute Gasteiger partial charge is 0.484 e. The molecule has 0 spiro atoms. The first-order valence-corrected chi connectivity index (χ1v) is 8.20. The molecule has 25 heavy (non-hydrogen) atoms. The lowest BCUT2D eigenvalue weighted by Crippen LogP contribution is -2.20. The number of carbonyl (C=O) groups is 2. The van der Waals surface area contributed by atoms with Gasteiger partial charge in [0.1, 0.15) is 5.75 Å². The number of aryl methyl sites for hydroxylation is 1. The molecule has 2 rings (SSSR count). The van der Waals surface area contributed by atoms with Crippen molar-refractivity contribution in [2.45, 2.75) is 20.8 Å². The summed E-state index contributed by atoms with van der Waals surface area (Å²) in [5, 5.41) is 2.72. The zero-order valence-electron chi connectivity index (χ0n) is 14.7. The van der Waals surface area contributed by atoms with Crippen LogP contribution in [0.5, 0.6) is 5.75 Å². The Morgan fingerprint density at radius 3 is 2.24 bits per heavy atom. The Morgan fingerprint density at radius 1 is 1.00 bits per heavy atom. The fraction of sp³-hybridized carbons (Fsp3) is 0.300. The molecule has 0 unspecified atom stereocenters. The Hall–Kier alpha value is -2.82. The monoisotopic (exact) mass is 341 g/mol. The van der Waals surface area contributed by atoms with Crippen molar-refractivity contribution in [2.24, 2.45) is 5.92 Å². The Morgan fingerprint density at radius 2 is 1.64 bits per heavy atom. The third kappa shape index (κ3) is 6.30. The minimum atomic E-state index is -0.366. The number of hydrogen-bond acceptors (Lipinski definition) is 4. The number of rotatable bonds is 7. The van der Waals surface area contributed by atoms with E-state index in [0.717, 1.165) is 5.56 Å². The molecular weight excluding hydrogens is 318 g/mol. The molecular formula is C20H23NO4. The molecule has 1 amide bonds. The fourth-order valence-electron chi connectivity index (χ4n) is 2.00. The van der Waals surface area contributed by atoms with Crippen molar-refractivity contribution in [1.29, 1.82) is 0 Å². The van der Waals surface area contributed by atoms with Gasteiger partial charge in [-0.05, 0) is 49.2 Å². The summed E-state index contributed by atoms with van der Waals surface area (Å²) >= 11 is 0. The van der Waals surface area contributed by atoms with E-state index in [2.05, 4.69) is 5.32 Å². The zero-order chi connectivity index (χ0) is 18.2. The van der Waals surface area contributed by atoms with E-state index in [4.69, 9.17) is 9.47 Å². The number of esters is 1. The SMILES string of the molecule is Cc1ccc(OCC(=O)Nc2ccc(C(=O)OCC(C)C)cc2)cc1. The van der Waals surface area contributed by atoms with Gasteiger partial charge in [-0.25, -0.2) is 4.79 Å². The highest BCUT2D eigenvalue weighted by molar-refractivity contribution is 5.93. The van der Waals surface area contributed by atoms with Crippen LogP contribution in [0.15, 0.2) is 48.5 Å². The van der Waals surface area contributed by atoms with Gasteiger partial charge in [0.25, 0.3) is 5.91 Å². The van der Waals surface area contributed by atoms with Crippen molar-refractivity contribution < 1.29 is 19.1 Å². The Bertz CT molecular complexity index is 705. The van der Waals surface area contributed by atoms with Gasteiger partial charge in [0.2, 0.25) is 0 Å². The second-order valence-corrected chi connectivity index (χ2v) is 6.22. The average Bonchev–Trinajstić information content (AvgIpc) is 2.60. The van der Waals surface area contributed by atoms with Gasteiger partial charge in [-0.2, -0.15) is 0 Å². The molecule has 2 aromatic carbocycles. The van der Waals surface area contributed by atoms with Gasteiger partial charge in [0.05, 0.1) is 12.2 Å². The highest BCUT2D eigenvalue weighted by atomic mass is 16.5. The van der Waals surface area contributed by atoms with E-state index < -0.39 is 0 Å². The lowest BCUT2D eigenvalue weighted by molar-refractivity contribution is -0.118. The summed E-state index contributed by atoms with van der Waals surface area (Å²) in [5.74, 6) is 0.296. The number of benzene rings is 2.